The molecule has 1 aliphatic rings. The Bertz CT molecular complexity index is 368. The monoisotopic (exact) mass is 252 g/mol. The molecule has 0 radical (unpaired) electrons. The third kappa shape index (κ3) is 3.14. The molecule has 2 nitrogen and oxygen atoms in total. The summed E-state index contributed by atoms with van der Waals surface area (Å²) in [5.74, 6) is 0. The Hall–Kier alpha value is -0.730. The number of anilines is 1. The fourth-order valence-corrected chi connectivity index (χ4v) is 2.68. The summed E-state index contributed by atoms with van der Waals surface area (Å²) in [5.41, 5.74) is 8.13. The third-order valence-corrected chi connectivity index (χ3v) is 3.75. The number of hydrogen-bond donors (Lipinski definition) is 1. The van der Waals surface area contributed by atoms with Gasteiger partial charge in [0.15, 0.2) is 0 Å². The third-order valence-electron chi connectivity index (χ3n) is 3.44. The minimum atomic E-state index is 0.0469. The van der Waals surface area contributed by atoms with Gasteiger partial charge in [-0.25, -0.2) is 0 Å². The Balaban J connectivity index is 2.19. The average molecular weight is 253 g/mol. The molecule has 0 amide bonds. The van der Waals surface area contributed by atoms with Crippen LogP contribution in [-0.2, 0) is 0 Å². The van der Waals surface area contributed by atoms with Gasteiger partial charge in [-0.3, -0.25) is 0 Å². The second kappa shape index (κ2) is 5.74. The zero-order valence-corrected chi connectivity index (χ0v) is 11.2. The van der Waals surface area contributed by atoms with Gasteiger partial charge < -0.3 is 10.6 Å². The first-order valence-corrected chi connectivity index (χ1v) is 6.86. The highest BCUT2D eigenvalue weighted by molar-refractivity contribution is 6.33. The maximum atomic E-state index is 6.36. The number of rotatable bonds is 2. The Labute approximate surface area is 109 Å². The first-order valence-electron chi connectivity index (χ1n) is 6.48. The van der Waals surface area contributed by atoms with E-state index in [0.717, 1.165) is 29.4 Å². The summed E-state index contributed by atoms with van der Waals surface area (Å²) in [7, 11) is 0. The molecular formula is C14H21ClN2. The fourth-order valence-electron chi connectivity index (χ4n) is 2.37. The lowest BCUT2D eigenvalue weighted by Gasteiger charge is -2.24. The summed E-state index contributed by atoms with van der Waals surface area (Å²) >= 11 is 6.36. The largest absolute Gasteiger partial charge is 0.370 e. The van der Waals surface area contributed by atoms with Gasteiger partial charge in [-0.2, -0.15) is 0 Å². The predicted octanol–water partition coefficient (Wildman–Crippen LogP) is 3.74. The van der Waals surface area contributed by atoms with Gasteiger partial charge >= 0.3 is 0 Å². The van der Waals surface area contributed by atoms with Gasteiger partial charge in [0.2, 0.25) is 0 Å². The summed E-state index contributed by atoms with van der Waals surface area (Å²) in [4.78, 5) is 2.40. The van der Waals surface area contributed by atoms with E-state index in [-0.39, 0.29) is 6.04 Å². The highest BCUT2D eigenvalue weighted by Crippen LogP contribution is 2.30. The summed E-state index contributed by atoms with van der Waals surface area (Å²) in [5, 5.41) is 0.835. The minimum Gasteiger partial charge on any atom is -0.370 e. The molecule has 17 heavy (non-hydrogen) atoms. The van der Waals surface area contributed by atoms with Gasteiger partial charge in [-0.05, 0) is 37.5 Å². The van der Waals surface area contributed by atoms with Crippen LogP contribution in [0.15, 0.2) is 18.2 Å². The lowest BCUT2D eigenvalue weighted by Crippen LogP contribution is -2.24. The predicted molar refractivity (Wildman–Crippen MR) is 74.7 cm³/mol. The molecule has 1 aliphatic heterocycles. The van der Waals surface area contributed by atoms with E-state index in [1.807, 2.05) is 13.0 Å². The molecule has 0 aromatic heterocycles. The molecule has 1 aromatic rings. The topological polar surface area (TPSA) is 29.3 Å². The lowest BCUT2D eigenvalue weighted by molar-refractivity contribution is 0.726. The smallest absolute Gasteiger partial charge is 0.0642 e. The molecule has 2 N–H and O–H groups in total. The molecule has 0 aliphatic carbocycles. The van der Waals surface area contributed by atoms with Gasteiger partial charge in [0, 0.05) is 19.1 Å². The average Bonchev–Trinajstić information content (AvgIpc) is 2.57. The first kappa shape index (κ1) is 12.7. The normalized spacial score (nSPS) is 18.9. The van der Waals surface area contributed by atoms with Crippen LogP contribution in [0.3, 0.4) is 0 Å². The van der Waals surface area contributed by atoms with E-state index >= 15 is 0 Å². The van der Waals surface area contributed by atoms with Crippen molar-refractivity contribution in [1.82, 2.24) is 0 Å². The number of hydrogen-bond acceptors (Lipinski definition) is 2. The molecule has 1 aromatic carbocycles. The summed E-state index contributed by atoms with van der Waals surface area (Å²) in [6.45, 7) is 4.23. The molecule has 1 atom stereocenters. The van der Waals surface area contributed by atoms with Crippen LogP contribution >= 0.6 is 11.6 Å². The van der Waals surface area contributed by atoms with Gasteiger partial charge in [-0.1, -0.05) is 30.5 Å². The molecule has 1 heterocycles. The van der Waals surface area contributed by atoms with E-state index in [0.29, 0.717) is 0 Å². The Morgan fingerprint density at radius 2 is 1.82 bits per heavy atom. The van der Waals surface area contributed by atoms with E-state index in [2.05, 4.69) is 17.0 Å². The summed E-state index contributed by atoms with van der Waals surface area (Å²) in [6, 6.07) is 6.26. The van der Waals surface area contributed by atoms with Crippen molar-refractivity contribution >= 4 is 17.3 Å². The van der Waals surface area contributed by atoms with E-state index in [1.54, 1.807) is 0 Å². The Kier molecular flexibility index (Phi) is 4.30. The van der Waals surface area contributed by atoms with Gasteiger partial charge in [0.1, 0.15) is 0 Å². The molecule has 0 saturated carbocycles. The number of halogens is 1. The number of benzene rings is 1. The minimum absolute atomic E-state index is 0.0469. The molecular weight excluding hydrogens is 232 g/mol. The molecule has 3 heteroatoms. The van der Waals surface area contributed by atoms with Crippen molar-refractivity contribution in [2.45, 2.75) is 38.6 Å². The standard InChI is InChI=1S/C14H21ClN2/c1-11(16)12-6-7-14(13(15)10-12)17-8-4-2-3-5-9-17/h6-7,10-11H,2-5,8-9,16H2,1H3/t11-/m0/s1. The van der Waals surface area contributed by atoms with Crippen LogP contribution in [0.4, 0.5) is 5.69 Å². The fraction of sp³-hybridized carbons (Fsp3) is 0.571. The van der Waals surface area contributed by atoms with Crippen LogP contribution < -0.4 is 10.6 Å². The quantitative estimate of drug-likeness (QED) is 0.869. The van der Waals surface area contributed by atoms with Crippen LogP contribution in [0.2, 0.25) is 5.02 Å². The zero-order chi connectivity index (χ0) is 12.3. The van der Waals surface area contributed by atoms with Crippen LogP contribution in [0.1, 0.15) is 44.2 Å². The van der Waals surface area contributed by atoms with Crippen molar-refractivity contribution in [3.05, 3.63) is 28.8 Å². The van der Waals surface area contributed by atoms with Crippen molar-refractivity contribution in [3.8, 4) is 0 Å². The number of nitrogens with zero attached hydrogens (tertiary/aromatic N) is 1. The lowest BCUT2D eigenvalue weighted by atomic mass is 10.1. The van der Waals surface area contributed by atoms with Crippen molar-refractivity contribution in [2.75, 3.05) is 18.0 Å². The van der Waals surface area contributed by atoms with Crippen molar-refractivity contribution in [1.29, 1.82) is 0 Å². The van der Waals surface area contributed by atoms with E-state index < -0.39 is 0 Å². The second-order valence-corrected chi connectivity index (χ2v) is 5.31. The van der Waals surface area contributed by atoms with Gasteiger partial charge in [-0.15, -0.1) is 0 Å². The van der Waals surface area contributed by atoms with Gasteiger partial charge in [0.25, 0.3) is 0 Å². The van der Waals surface area contributed by atoms with Crippen LogP contribution in [0, 0.1) is 0 Å². The van der Waals surface area contributed by atoms with E-state index in [4.69, 9.17) is 17.3 Å². The van der Waals surface area contributed by atoms with Gasteiger partial charge in [0.05, 0.1) is 10.7 Å². The Morgan fingerprint density at radius 1 is 1.18 bits per heavy atom. The Morgan fingerprint density at radius 3 is 2.35 bits per heavy atom. The molecule has 0 spiro atoms. The van der Waals surface area contributed by atoms with Crippen LogP contribution in [0.25, 0.3) is 0 Å². The summed E-state index contributed by atoms with van der Waals surface area (Å²) < 4.78 is 0. The second-order valence-electron chi connectivity index (χ2n) is 4.90. The highest BCUT2D eigenvalue weighted by Gasteiger charge is 2.13. The molecule has 0 unspecified atom stereocenters. The maximum Gasteiger partial charge on any atom is 0.0642 e. The molecule has 0 bridgehead atoms. The molecule has 2 rings (SSSR count). The van der Waals surface area contributed by atoms with Crippen molar-refractivity contribution in [2.24, 2.45) is 5.73 Å². The van der Waals surface area contributed by atoms with E-state index in [9.17, 15) is 0 Å². The van der Waals surface area contributed by atoms with Crippen molar-refractivity contribution < 1.29 is 0 Å². The van der Waals surface area contributed by atoms with E-state index in [1.165, 1.54) is 25.7 Å². The maximum absolute atomic E-state index is 6.36. The highest BCUT2D eigenvalue weighted by atomic mass is 35.5. The molecule has 94 valence electrons. The first-order chi connectivity index (χ1) is 8.18. The zero-order valence-electron chi connectivity index (χ0n) is 10.5. The molecule has 1 fully saturated rings. The van der Waals surface area contributed by atoms with Crippen LogP contribution in [-0.4, -0.2) is 13.1 Å². The SMILES string of the molecule is C[C@H](N)c1ccc(N2CCCCCC2)c(Cl)c1. The molecule has 1 saturated heterocycles. The summed E-state index contributed by atoms with van der Waals surface area (Å²) in [6.07, 6.45) is 5.22. The van der Waals surface area contributed by atoms with Crippen molar-refractivity contribution in [3.63, 3.8) is 0 Å². The number of nitrogens with two attached hydrogens (primary N) is 1. The van der Waals surface area contributed by atoms with Crippen LogP contribution in [0.5, 0.6) is 0 Å².